The zero-order valence-electron chi connectivity index (χ0n) is 10.7. The normalized spacial score (nSPS) is 10.0. The zero-order chi connectivity index (χ0) is 13.7. The van der Waals surface area contributed by atoms with E-state index in [-0.39, 0.29) is 0 Å². The van der Waals surface area contributed by atoms with Gasteiger partial charge in [-0.2, -0.15) is 0 Å². The van der Waals surface area contributed by atoms with Gasteiger partial charge in [0.1, 0.15) is 10.8 Å². The highest BCUT2D eigenvalue weighted by molar-refractivity contribution is 7.09. The smallest absolute Gasteiger partial charge is 0.407 e. The second-order valence-electron chi connectivity index (χ2n) is 3.70. The van der Waals surface area contributed by atoms with Crippen LogP contribution in [0.25, 0.3) is 11.3 Å². The predicted molar refractivity (Wildman–Crippen MR) is 73.3 cm³/mol. The Morgan fingerprint density at radius 3 is 3.00 bits per heavy atom. The lowest BCUT2D eigenvalue weighted by Gasteiger charge is -2.02. The lowest BCUT2D eigenvalue weighted by Crippen LogP contribution is -2.22. The number of ether oxygens (including phenoxy) is 2. The van der Waals surface area contributed by atoms with Crippen LogP contribution in [-0.4, -0.2) is 25.3 Å². The lowest BCUT2D eigenvalue weighted by molar-refractivity contribution is 0.170. The second-order valence-corrected chi connectivity index (χ2v) is 4.65. The molecule has 0 aliphatic carbocycles. The van der Waals surface area contributed by atoms with Gasteiger partial charge in [0.25, 0.3) is 0 Å². The third-order valence-electron chi connectivity index (χ3n) is 2.49. The first-order valence-electron chi connectivity index (χ1n) is 5.63. The maximum atomic E-state index is 11.0. The molecule has 0 aliphatic heterocycles. The Hall–Kier alpha value is -2.08. The number of methoxy groups -OCH3 is 2. The number of aromatic nitrogens is 1. The molecule has 1 heterocycles. The number of rotatable bonds is 4. The Kier molecular flexibility index (Phi) is 4.35. The van der Waals surface area contributed by atoms with E-state index < -0.39 is 6.09 Å². The number of amides is 1. The van der Waals surface area contributed by atoms with Gasteiger partial charge in [-0.1, -0.05) is 12.1 Å². The van der Waals surface area contributed by atoms with Crippen LogP contribution >= 0.6 is 11.3 Å². The van der Waals surface area contributed by atoms with Crippen LogP contribution in [0.2, 0.25) is 0 Å². The van der Waals surface area contributed by atoms with E-state index in [4.69, 9.17) is 4.74 Å². The second kappa shape index (κ2) is 6.19. The molecule has 1 aromatic heterocycles. The summed E-state index contributed by atoms with van der Waals surface area (Å²) in [6.45, 7) is 0.362. The number of benzene rings is 1. The molecular weight excluding hydrogens is 264 g/mol. The highest BCUT2D eigenvalue weighted by atomic mass is 32.1. The van der Waals surface area contributed by atoms with Gasteiger partial charge in [0.2, 0.25) is 0 Å². The minimum Gasteiger partial charge on any atom is -0.497 e. The topological polar surface area (TPSA) is 60.5 Å². The molecule has 6 heteroatoms. The van der Waals surface area contributed by atoms with Crippen molar-refractivity contribution < 1.29 is 14.3 Å². The molecule has 1 aromatic carbocycles. The van der Waals surface area contributed by atoms with Crippen molar-refractivity contribution in [3.05, 3.63) is 34.7 Å². The number of hydrogen-bond acceptors (Lipinski definition) is 5. The Morgan fingerprint density at radius 2 is 2.26 bits per heavy atom. The van der Waals surface area contributed by atoms with Gasteiger partial charge >= 0.3 is 6.09 Å². The average molecular weight is 278 g/mol. The van der Waals surface area contributed by atoms with E-state index in [1.54, 1.807) is 7.11 Å². The number of nitrogens with zero attached hydrogens (tertiary/aromatic N) is 1. The molecule has 1 N–H and O–H groups in total. The maximum absolute atomic E-state index is 11.0. The summed E-state index contributed by atoms with van der Waals surface area (Å²) >= 11 is 1.49. The van der Waals surface area contributed by atoms with Gasteiger partial charge in [0.05, 0.1) is 26.5 Å². The summed E-state index contributed by atoms with van der Waals surface area (Å²) in [5.74, 6) is 0.791. The van der Waals surface area contributed by atoms with Crippen molar-refractivity contribution in [2.75, 3.05) is 14.2 Å². The fourth-order valence-electron chi connectivity index (χ4n) is 1.53. The van der Waals surface area contributed by atoms with Gasteiger partial charge in [-0.3, -0.25) is 0 Å². The number of carbonyl (C=O) groups is 1. The molecular formula is C13H14N2O3S. The first-order chi connectivity index (χ1) is 9.22. The standard InChI is InChI=1S/C13H14N2O3S/c1-17-10-5-3-4-9(6-10)11-8-19-12(15-11)7-14-13(16)18-2/h3-6,8H,7H2,1-2H3,(H,14,16). The fourth-order valence-corrected chi connectivity index (χ4v) is 2.27. The van der Waals surface area contributed by atoms with Crippen molar-refractivity contribution in [3.8, 4) is 17.0 Å². The molecule has 1 amide bonds. The number of alkyl carbamates (subject to hydrolysis) is 1. The number of thiazole rings is 1. The quantitative estimate of drug-likeness (QED) is 0.934. The van der Waals surface area contributed by atoms with E-state index in [1.165, 1.54) is 18.4 Å². The first kappa shape index (κ1) is 13.4. The molecule has 0 saturated heterocycles. The molecule has 0 saturated carbocycles. The summed E-state index contributed by atoms with van der Waals surface area (Å²) in [6, 6.07) is 7.69. The predicted octanol–water partition coefficient (Wildman–Crippen LogP) is 2.67. The maximum Gasteiger partial charge on any atom is 0.407 e. The summed E-state index contributed by atoms with van der Waals surface area (Å²) in [5, 5.41) is 5.37. The highest BCUT2D eigenvalue weighted by Gasteiger charge is 2.07. The third-order valence-corrected chi connectivity index (χ3v) is 3.34. The van der Waals surface area contributed by atoms with Crippen molar-refractivity contribution in [3.63, 3.8) is 0 Å². The Bertz CT molecular complexity index is 569. The first-order valence-corrected chi connectivity index (χ1v) is 6.51. The van der Waals surface area contributed by atoms with E-state index in [2.05, 4.69) is 15.0 Å². The largest absolute Gasteiger partial charge is 0.497 e. The van der Waals surface area contributed by atoms with Crippen LogP contribution in [0.3, 0.4) is 0 Å². The van der Waals surface area contributed by atoms with Crippen molar-refractivity contribution in [2.24, 2.45) is 0 Å². The molecule has 19 heavy (non-hydrogen) atoms. The summed E-state index contributed by atoms with van der Waals surface area (Å²) in [5.41, 5.74) is 1.85. The van der Waals surface area contributed by atoms with Crippen molar-refractivity contribution in [2.45, 2.75) is 6.54 Å². The number of nitrogens with one attached hydrogen (secondary N) is 1. The van der Waals surface area contributed by atoms with Crippen molar-refractivity contribution in [1.82, 2.24) is 10.3 Å². The van der Waals surface area contributed by atoms with Crippen LogP contribution in [-0.2, 0) is 11.3 Å². The van der Waals surface area contributed by atoms with Gasteiger partial charge in [0, 0.05) is 10.9 Å². The monoisotopic (exact) mass is 278 g/mol. The molecule has 0 unspecified atom stereocenters. The minimum absolute atomic E-state index is 0.362. The van der Waals surface area contributed by atoms with E-state index in [0.717, 1.165) is 22.0 Å². The van der Waals surface area contributed by atoms with Gasteiger partial charge in [-0.05, 0) is 12.1 Å². The summed E-state index contributed by atoms with van der Waals surface area (Å²) in [7, 11) is 2.96. The van der Waals surface area contributed by atoms with E-state index in [1.807, 2.05) is 29.6 Å². The zero-order valence-corrected chi connectivity index (χ0v) is 11.5. The summed E-state index contributed by atoms with van der Waals surface area (Å²) in [4.78, 5) is 15.4. The number of hydrogen-bond donors (Lipinski definition) is 1. The molecule has 2 aromatic rings. The lowest BCUT2D eigenvalue weighted by atomic mass is 10.2. The van der Waals surface area contributed by atoms with Crippen LogP contribution in [0.4, 0.5) is 4.79 Å². The van der Waals surface area contributed by atoms with E-state index >= 15 is 0 Å². The Balaban J connectivity index is 2.09. The third kappa shape index (κ3) is 3.45. The van der Waals surface area contributed by atoms with Crippen molar-refractivity contribution >= 4 is 17.4 Å². The van der Waals surface area contributed by atoms with E-state index in [0.29, 0.717) is 6.54 Å². The SMILES string of the molecule is COC(=O)NCc1nc(-c2cccc(OC)c2)cs1. The highest BCUT2D eigenvalue weighted by Crippen LogP contribution is 2.25. The van der Waals surface area contributed by atoms with Crippen molar-refractivity contribution in [1.29, 1.82) is 0 Å². The molecule has 0 aliphatic rings. The molecule has 0 spiro atoms. The summed E-state index contributed by atoms with van der Waals surface area (Å²) < 4.78 is 9.68. The van der Waals surface area contributed by atoms with Gasteiger partial charge in [0.15, 0.2) is 0 Å². The fraction of sp³-hybridized carbons (Fsp3) is 0.231. The van der Waals surface area contributed by atoms with Gasteiger partial charge in [-0.25, -0.2) is 9.78 Å². The molecule has 5 nitrogen and oxygen atoms in total. The molecule has 100 valence electrons. The Labute approximate surface area is 115 Å². The van der Waals surface area contributed by atoms with Crippen LogP contribution in [0.5, 0.6) is 5.75 Å². The molecule has 0 fully saturated rings. The van der Waals surface area contributed by atoms with Crippen LogP contribution < -0.4 is 10.1 Å². The van der Waals surface area contributed by atoms with Gasteiger partial charge < -0.3 is 14.8 Å². The van der Waals surface area contributed by atoms with Crippen LogP contribution in [0.1, 0.15) is 5.01 Å². The number of carbonyl (C=O) groups excluding carboxylic acids is 1. The van der Waals surface area contributed by atoms with Crippen LogP contribution in [0.15, 0.2) is 29.6 Å². The molecule has 0 radical (unpaired) electrons. The van der Waals surface area contributed by atoms with Crippen LogP contribution in [0, 0.1) is 0 Å². The Morgan fingerprint density at radius 1 is 1.42 bits per heavy atom. The average Bonchev–Trinajstić information content (AvgIpc) is 2.93. The van der Waals surface area contributed by atoms with Gasteiger partial charge in [-0.15, -0.1) is 11.3 Å². The van der Waals surface area contributed by atoms with E-state index in [9.17, 15) is 4.79 Å². The summed E-state index contributed by atoms with van der Waals surface area (Å²) in [6.07, 6.45) is -0.460. The minimum atomic E-state index is -0.460. The molecule has 0 atom stereocenters. The molecule has 2 rings (SSSR count). The molecule has 0 bridgehead atoms.